The van der Waals surface area contributed by atoms with Gasteiger partial charge in [0.2, 0.25) is 17.7 Å². The van der Waals surface area contributed by atoms with E-state index in [1.165, 1.54) is 47.4 Å². The molecular formula is C30H25F6N5O3. The molecule has 8 nitrogen and oxygen atoms in total. The number of fused-ring (bicyclic) bond motifs is 1. The zero-order valence-corrected chi connectivity index (χ0v) is 22.7. The minimum atomic E-state index is -4.70. The number of carbonyl (C=O) groups excluding carboxylic acids is 3. The molecule has 0 saturated heterocycles. The SMILES string of the molecule is N#Cc1cc(F)cc(N2CC(NC(=O)[C@H](CCC(F)(F)F)[C@@H](C(N)=O)c3ccccc3)C(=O)Nc3c(C(F)F)cccc32)c1. The van der Waals surface area contributed by atoms with Crippen molar-refractivity contribution in [2.75, 3.05) is 16.8 Å². The van der Waals surface area contributed by atoms with Crippen LogP contribution in [0.4, 0.5) is 43.4 Å². The fourth-order valence-corrected chi connectivity index (χ4v) is 5.13. The first-order valence-electron chi connectivity index (χ1n) is 13.2. The van der Waals surface area contributed by atoms with E-state index in [0.717, 1.165) is 18.2 Å². The third-order valence-corrected chi connectivity index (χ3v) is 7.11. The summed E-state index contributed by atoms with van der Waals surface area (Å²) in [6.07, 6.45) is -10.1. The summed E-state index contributed by atoms with van der Waals surface area (Å²) in [5.74, 6) is -7.25. The number of benzene rings is 3. The minimum absolute atomic E-state index is 0.0182. The number of hydrogen-bond acceptors (Lipinski definition) is 5. The van der Waals surface area contributed by atoms with E-state index in [1.54, 1.807) is 12.1 Å². The van der Waals surface area contributed by atoms with Gasteiger partial charge < -0.3 is 21.3 Å². The summed E-state index contributed by atoms with van der Waals surface area (Å²) in [6.45, 7) is -0.510. The second-order valence-electron chi connectivity index (χ2n) is 10.1. The predicted molar refractivity (Wildman–Crippen MR) is 147 cm³/mol. The van der Waals surface area contributed by atoms with Crippen molar-refractivity contribution < 1.29 is 40.7 Å². The highest BCUT2D eigenvalue weighted by Crippen LogP contribution is 2.41. The van der Waals surface area contributed by atoms with Crippen molar-refractivity contribution in [3.8, 4) is 6.07 Å². The molecule has 1 heterocycles. The number of amides is 3. The molecule has 3 aromatic carbocycles. The van der Waals surface area contributed by atoms with Gasteiger partial charge in [0.05, 0.1) is 41.4 Å². The summed E-state index contributed by atoms with van der Waals surface area (Å²) >= 11 is 0. The van der Waals surface area contributed by atoms with Crippen LogP contribution >= 0.6 is 0 Å². The number of nitrogens with two attached hydrogens (primary N) is 1. The van der Waals surface area contributed by atoms with Crippen LogP contribution < -0.4 is 21.3 Å². The molecule has 1 aliphatic rings. The molecule has 0 spiro atoms. The molecule has 4 N–H and O–H groups in total. The number of anilines is 3. The van der Waals surface area contributed by atoms with Crippen LogP contribution in [0.5, 0.6) is 0 Å². The molecule has 14 heteroatoms. The number of primary amides is 1. The van der Waals surface area contributed by atoms with Crippen LogP contribution in [0.2, 0.25) is 0 Å². The van der Waals surface area contributed by atoms with E-state index >= 15 is 0 Å². The van der Waals surface area contributed by atoms with Crippen molar-refractivity contribution in [3.05, 3.63) is 89.2 Å². The van der Waals surface area contributed by atoms with Gasteiger partial charge >= 0.3 is 6.18 Å². The molecule has 0 saturated carbocycles. The monoisotopic (exact) mass is 617 g/mol. The number of nitriles is 1. The maximum Gasteiger partial charge on any atom is 0.389 e. The van der Waals surface area contributed by atoms with E-state index < -0.39 is 79.0 Å². The third-order valence-electron chi connectivity index (χ3n) is 7.11. The normalized spacial score (nSPS) is 16.3. The lowest BCUT2D eigenvalue weighted by atomic mass is 9.81. The Morgan fingerprint density at radius 1 is 1.09 bits per heavy atom. The van der Waals surface area contributed by atoms with Crippen molar-refractivity contribution in [1.29, 1.82) is 5.26 Å². The number of para-hydroxylation sites is 1. The fraction of sp³-hybridized carbons (Fsp3) is 0.267. The largest absolute Gasteiger partial charge is 0.389 e. The average Bonchev–Trinajstić information content (AvgIpc) is 3.10. The number of nitrogens with one attached hydrogen (secondary N) is 2. The molecule has 230 valence electrons. The van der Waals surface area contributed by atoms with Crippen LogP contribution in [0.15, 0.2) is 66.7 Å². The first-order valence-corrected chi connectivity index (χ1v) is 13.2. The summed E-state index contributed by atoms with van der Waals surface area (Å²) in [5.41, 5.74) is 4.61. The molecule has 1 aliphatic heterocycles. The van der Waals surface area contributed by atoms with Gasteiger partial charge in [-0.05, 0) is 36.2 Å². The first kappa shape index (κ1) is 31.9. The first-order chi connectivity index (χ1) is 20.8. The Labute approximate surface area is 247 Å². The van der Waals surface area contributed by atoms with E-state index in [1.807, 2.05) is 0 Å². The van der Waals surface area contributed by atoms with Crippen LogP contribution in [0, 0.1) is 23.1 Å². The third kappa shape index (κ3) is 7.28. The Hall–Kier alpha value is -5.06. The Kier molecular flexibility index (Phi) is 9.46. The molecule has 0 bridgehead atoms. The van der Waals surface area contributed by atoms with Gasteiger partial charge in [0.1, 0.15) is 11.9 Å². The molecule has 4 rings (SSSR count). The lowest BCUT2D eigenvalue weighted by Crippen LogP contribution is -2.51. The zero-order valence-electron chi connectivity index (χ0n) is 22.7. The molecule has 0 fully saturated rings. The highest BCUT2D eigenvalue weighted by molar-refractivity contribution is 6.04. The Bertz CT molecular complexity index is 1590. The van der Waals surface area contributed by atoms with Gasteiger partial charge in [-0.3, -0.25) is 14.4 Å². The van der Waals surface area contributed by atoms with Gasteiger partial charge in [0, 0.05) is 17.7 Å². The van der Waals surface area contributed by atoms with Crippen molar-refractivity contribution in [3.63, 3.8) is 0 Å². The minimum Gasteiger partial charge on any atom is -0.369 e. The lowest BCUT2D eigenvalue weighted by Gasteiger charge is -2.30. The standard InChI is InChI=1S/C30H25F6N5O3/c31-18-11-16(14-37)12-19(13-18)41-15-22(29(44)40-25-21(26(32)33)7-4-8-23(25)41)39-28(43)20(9-10-30(34,35)36)24(27(38)42)17-5-2-1-3-6-17/h1-8,11-13,20,22,24,26H,9-10,15H2,(H2,38,42)(H,39,43)(H,40,44)/t20-,22?,24+/m1/s1. The summed E-state index contributed by atoms with van der Waals surface area (Å²) < 4.78 is 82.2. The van der Waals surface area contributed by atoms with Crippen LogP contribution in [-0.4, -0.2) is 36.5 Å². The van der Waals surface area contributed by atoms with Gasteiger partial charge in [-0.25, -0.2) is 13.2 Å². The van der Waals surface area contributed by atoms with Gasteiger partial charge in [-0.15, -0.1) is 0 Å². The molecule has 3 amide bonds. The number of alkyl halides is 5. The summed E-state index contributed by atoms with van der Waals surface area (Å²) in [7, 11) is 0. The number of carbonyl (C=O) groups is 3. The summed E-state index contributed by atoms with van der Waals surface area (Å²) in [6, 6.07) is 14.4. The zero-order chi connectivity index (χ0) is 32.2. The number of rotatable bonds is 9. The second kappa shape index (κ2) is 13.1. The summed E-state index contributed by atoms with van der Waals surface area (Å²) in [5, 5.41) is 14.1. The molecule has 44 heavy (non-hydrogen) atoms. The van der Waals surface area contributed by atoms with Crippen molar-refractivity contribution in [2.45, 2.75) is 37.4 Å². The van der Waals surface area contributed by atoms with E-state index in [9.17, 15) is 46.0 Å². The van der Waals surface area contributed by atoms with E-state index in [4.69, 9.17) is 5.73 Å². The molecular weight excluding hydrogens is 592 g/mol. The van der Waals surface area contributed by atoms with Gasteiger partial charge in [0.25, 0.3) is 6.43 Å². The smallest absolute Gasteiger partial charge is 0.369 e. The highest BCUT2D eigenvalue weighted by Gasteiger charge is 2.40. The van der Waals surface area contributed by atoms with Crippen molar-refractivity contribution >= 4 is 34.8 Å². The summed E-state index contributed by atoms with van der Waals surface area (Å²) in [4.78, 5) is 40.7. The topological polar surface area (TPSA) is 128 Å². The molecule has 3 atom stereocenters. The highest BCUT2D eigenvalue weighted by atomic mass is 19.4. The molecule has 3 aromatic rings. The van der Waals surface area contributed by atoms with Gasteiger partial charge in [0.15, 0.2) is 0 Å². The van der Waals surface area contributed by atoms with Crippen LogP contribution in [0.3, 0.4) is 0 Å². The van der Waals surface area contributed by atoms with E-state index in [-0.39, 0.29) is 28.2 Å². The lowest BCUT2D eigenvalue weighted by molar-refractivity contribution is -0.144. The number of halogens is 6. The van der Waals surface area contributed by atoms with Crippen LogP contribution in [0.25, 0.3) is 0 Å². The quantitative estimate of drug-likeness (QED) is 0.276. The van der Waals surface area contributed by atoms with Crippen molar-refractivity contribution in [1.82, 2.24) is 5.32 Å². The maximum absolute atomic E-state index is 14.5. The molecule has 1 unspecified atom stereocenters. The number of nitrogens with zero attached hydrogens (tertiary/aromatic N) is 2. The Morgan fingerprint density at radius 2 is 1.80 bits per heavy atom. The van der Waals surface area contributed by atoms with Crippen LogP contribution in [0.1, 0.15) is 41.9 Å². The molecule has 0 aliphatic carbocycles. The molecule has 0 radical (unpaired) electrons. The Balaban J connectivity index is 1.77. The van der Waals surface area contributed by atoms with Gasteiger partial charge in [-0.1, -0.05) is 42.5 Å². The van der Waals surface area contributed by atoms with E-state index in [0.29, 0.717) is 0 Å². The van der Waals surface area contributed by atoms with E-state index in [2.05, 4.69) is 10.6 Å². The van der Waals surface area contributed by atoms with Gasteiger partial charge in [-0.2, -0.15) is 18.4 Å². The predicted octanol–water partition coefficient (Wildman–Crippen LogP) is 5.44. The Morgan fingerprint density at radius 3 is 2.41 bits per heavy atom. The average molecular weight is 618 g/mol. The van der Waals surface area contributed by atoms with Crippen LogP contribution in [-0.2, 0) is 14.4 Å². The molecule has 0 aromatic heterocycles. The maximum atomic E-state index is 14.5. The second-order valence-corrected chi connectivity index (χ2v) is 10.1. The van der Waals surface area contributed by atoms with Crippen molar-refractivity contribution in [2.24, 2.45) is 11.7 Å². The number of hydrogen-bond donors (Lipinski definition) is 3. The fourth-order valence-electron chi connectivity index (χ4n) is 5.13.